The van der Waals surface area contributed by atoms with Crippen molar-refractivity contribution in [2.24, 2.45) is 0 Å². The Morgan fingerprint density at radius 3 is 1.50 bits per heavy atom. The van der Waals surface area contributed by atoms with Gasteiger partial charge in [-0.2, -0.15) is 0 Å². The van der Waals surface area contributed by atoms with Crippen LogP contribution in [0.15, 0.2) is 0 Å². The molecule has 0 unspecified atom stereocenters. The average molecular weight is 137 g/mol. The zero-order chi connectivity index (χ0) is 2.00. The molecule has 0 fully saturated rings. The fraction of sp³-hybridized carbons (Fsp3) is 1.00. The maximum atomic E-state index is 7.00. The molecule has 0 bridgehead atoms. The summed E-state index contributed by atoms with van der Waals surface area (Å²) < 4.78 is 0. The van der Waals surface area contributed by atoms with Crippen LogP contribution < -0.4 is 29.6 Å². The van der Waals surface area contributed by atoms with Crippen LogP contribution in [0.4, 0.5) is 0 Å². The number of hydrogen-bond donors (Lipinski definition) is 1. The summed E-state index contributed by atoms with van der Waals surface area (Å²) in [6.45, 7) is 0. The third-order valence-electron chi connectivity index (χ3n) is 0. The first-order valence-corrected chi connectivity index (χ1v) is 0.447. The third-order valence-corrected chi connectivity index (χ3v) is 0. The molecule has 0 aromatic carbocycles. The monoisotopic (exact) mass is 136 g/mol. The minimum absolute atomic E-state index is 0. The van der Waals surface area contributed by atoms with Crippen LogP contribution in [-0.2, 0) is 0 Å². The van der Waals surface area contributed by atoms with Crippen molar-refractivity contribution in [1.29, 1.82) is 0 Å². The van der Waals surface area contributed by atoms with Crippen molar-refractivity contribution in [3.8, 4) is 0 Å². The maximum absolute atomic E-state index is 7.00. The van der Waals surface area contributed by atoms with Crippen LogP contribution in [-0.4, -0.2) is 12.2 Å². The average Bonchev–Trinajstić information content (AvgIpc) is 1.00. The summed E-state index contributed by atoms with van der Waals surface area (Å²) in [6, 6.07) is 0. The summed E-state index contributed by atoms with van der Waals surface area (Å²) in [7, 11) is 1.00. The van der Waals surface area contributed by atoms with Crippen LogP contribution in [0.25, 0.3) is 0 Å². The Morgan fingerprint density at radius 2 is 1.50 bits per heavy atom. The summed E-state index contributed by atoms with van der Waals surface area (Å²) in [5.74, 6) is 0. The van der Waals surface area contributed by atoms with Crippen molar-refractivity contribution in [3.63, 3.8) is 0 Å². The molecule has 0 spiro atoms. The Morgan fingerprint density at radius 1 is 1.50 bits per heavy atom. The van der Waals surface area contributed by atoms with Gasteiger partial charge in [0.1, 0.15) is 0 Å². The molecule has 0 saturated carbocycles. The topological polar surface area (TPSA) is 20.2 Å². The van der Waals surface area contributed by atoms with Gasteiger partial charge in [0.25, 0.3) is 0 Å². The molecule has 4 heavy (non-hydrogen) atoms. The molecular weight excluding hydrogens is 131 g/mol. The van der Waals surface area contributed by atoms with Crippen molar-refractivity contribution in [2.45, 2.75) is 0 Å². The van der Waals surface area contributed by atoms with Crippen molar-refractivity contribution < 1.29 is 36.1 Å². The van der Waals surface area contributed by atoms with E-state index in [1.165, 1.54) is 0 Å². The molecule has 0 saturated heterocycles. The van der Waals surface area contributed by atoms with Crippen LogP contribution in [0.2, 0.25) is 0 Å². The number of hydrogen-bond acceptors (Lipinski definition) is 1. The van der Waals surface area contributed by atoms with Gasteiger partial charge in [-0.1, -0.05) is 0 Å². The van der Waals surface area contributed by atoms with E-state index in [1.807, 2.05) is 0 Å². The second-order valence-corrected chi connectivity index (χ2v) is 0. The second-order valence-electron chi connectivity index (χ2n) is 0. The molecule has 0 heterocycles. The first kappa shape index (κ1) is 18.0. The molecule has 0 aliphatic heterocycles. The fourth-order valence-corrected chi connectivity index (χ4v) is 0. The van der Waals surface area contributed by atoms with Gasteiger partial charge in [0.05, 0.1) is 0 Å². The zero-order valence-electron chi connectivity index (χ0n) is 3.86. The Hall–Kier alpha value is 1.44. The predicted molar refractivity (Wildman–Crippen MR) is 19.6 cm³/mol. The molecule has 3 heteroatoms. The Bertz CT molecular complexity index is 11.6. The molecule has 24 valence electrons. The van der Waals surface area contributed by atoms with E-state index in [4.69, 9.17) is 5.11 Å². The van der Waals surface area contributed by atoms with Crippen LogP contribution in [0.3, 0.4) is 0 Å². The fourth-order valence-electron chi connectivity index (χ4n) is 0. The summed E-state index contributed by atoms with van der Waals surface area (Å²) in [4.78, 5) is 0. The Labute approximate surface area is 59.9 Å². The van der Waals surface area contributed by atoms with Gasteiger partial charge in [-0.15, -0.1) is 17.0 Å². The normalized spacial score (nSPS) is 1.50. The van der Waals surface area contributed by atoms with E-state index in [1.54, 1.807) is 0 Å². The second kappa shape index (κ2) is 25.3. The maximum Gasteiger partial charge on any atom is 1.00 e. The predicted octanol–water partition coefficient (Wildman–Crippen LogP) is -2.70. The van der Waals surface area contributed by atoms with Gasteiger partial charge in [0.2, 0.25) is 0 Å². The van der Waals surface area contributed by atoms with Crippen LogP contribution in [0.5, 0.6) is 0 Å². The van der Waals surface area contributed by atoms with E-state index in [2.05, 4.69) is 0 Å². The SMILES string of the molecule is Br.CO.[H-].[Na+]. The first-order chi connectivity index (χ1) is 1.00. The molecule has 0 aromatic rings. The molecule has 0 atom stereocenters. The van der Waals surface area contributed by atoms with Gasteiger partial charge >= 0.3 is 29.6 Å². The van der Waals surface area contributed by atoms with Crippen LogP contribution in [0.1, 0.15) is 1.43 Å². The van der Waals surface area contributed by atoms with Gasteiger partial charge in [-0.25, -0.2) is 0 Å². The summed E-state index contributed by atoms with van der Waals surface area (Å²) in [6.07, 6.45) is 0. The zero-order valence-corrected chi connectivity index (χ0v) is 6.57. The van der Waals surface area contributed by atoms with E-state index < -0.39 is 0 Å². The van der Waals surface area contributed by atoms with Crippen LogP contribution >= 0.6 is 17.0 Å². The van der Waals surface area contributed by atoms with E-state index in [0.29, 0.717) is 0 Å². The quantitative estimate of drug-likeness (QED) is 0.360. The van der Waals surface area contributed by atoms with Gasteiger partial charge < -0.3 is 6.53 Å². The number of aliphatic hydroxyl groups excluding tert-OH is 1. The van der Waals surface area contributed by atoms with Gasteiger partial charge in [0.15, 0.2) is 0 Å². The van der Waals surface area contributed by atoms with E-state index in [0.717, 1.165) is 7.11 Å². The molecule has 0 aliphatic rings. The molecular formula is CH6BrNaO. The van der Waals surface area contributed by atoms with Crippen molar-refractivity contribution in [1.82, 2.24) is 0 Å². The minimum atomic E-state index is 0. The number of aliphatic hydroxyl groups is 1. The number of rotatable bonds is 0. The summed E-state index contributed by atoms with van der Waals surface area (Å²) >= 11 is 0. The first-order valence-electron chi connectivity index (χ1n) is 0.447. The van der Waals surface area contributed by atoms with Crippen LogP contribution in [0, 0.1) is 0 Å². The molecule has 0 radical (unpaired) electrons. The largest absolute Gasteiger partial charge is 1.00 e. The third kappa shape index (κ3) is 9.88. The van der Waals surface area contributed by atoms with E-state index >= 15 is 0 Å². The Kier molecular flexibility index (Phi) is 114. The van der Waals surface area contributed by atoms with E-state index in [9.17, 15) is 0 Å². The van der Waals surface area contributed by atoms with E-state index in [-0.39, 0.29) is 48.0 Å². The molecule has 0 aliphatic carbocycles. The standard InChI is InChI=1S/CH4O.BrH.Na.H/c1-2;;;/h2H,1H3;1H;;/q;;+1;-1. The summed E-state index contributed by atoms with van der Waals surface area (Å²) in [5.41, 5.74) is 0. The minimum Gasteiger partial charge on any atom is -1.00 e. The van der Waals surface area contributed by atoms with Gasteiger partial charge in [-0.05, 0) is 0 Å². The molecule has 0 rings (SSSR count). The summed E-state index contributed by atoms with van der Waals surface area (Å²) in [5, 5.41) is 7.00. The van der Waals surface area contributed by atoms with Crippen molar-refractivity contribution >= 4 is 17.0 Å². The number of halogens is 1. The smallest absolute Gasteiger partial charge is 1.00 e. The molecule has 1 nitrogen and oxygen atoms in total. The molecule has 0 aromatic heterocycles. The van der Waals surface area contributed by atoms with Crippen molar-refractivity contribution in [2.75, 3.05) is 7.11 Å². The van der Waals surface area contributed by atoms with Crippen molar-refractivity contribution in [3.05, 3.63) is 0 Å². The molecule has 0 amide bonds. The van der Waals surface area contributed by atoms with Gasteiger partial charge in [-0.3, -0.25) is 0 Å². The molecule has 1 N–H and O–H groups in total. The Balaban J connectivity index is -0.00000000167. The van der Waals surface area contributed by atoms with Gasteiger partial charge in [0, 0.05) is 7.11 Å².